The maximum atomic E-state index is 13.0. The maximum absolute atomic E-state index is 13.0. The second kappa shape index (κ2) is 9.96. The van der Waals surface area contributed by atoms with E-state index in [2.05, 4.69) is 17.3 Å². The van der Waals surface area contributed by atoms with Crippen molar-refractivity contribution in [2.45, 2.75) is 18.9 Å². The van der Waals surface area contributed by atoms with Gasteiger partial charge in [-0.15, -0.1) is 0 Å². The van der Waals surface area contributed by atoms with Crippen LogP contribution in [0.5, 0.6) is 0 Å². The third-order valence-electron chi connectivity index (χ3n) is 6.16. The summed E-state index contributed by atoms with van der Waals surface area (Å²) in [7, 11) is 3.91. The Morgan fingerprint density at radius 2 is 1.65 bits per heavy atom. The number of piperidine rings is 1. The molecule has 10 heteroatoms. The number of benzene rings is 2. The zero-order chi connectivity index (χ0) is 24.6. The first-order chi connectivity index (χ1) is 16.2. The molecule has 178 valence electrons. The monoisotopic (exact) mass is 520 g/mol. The number of nitrogens with zero attached hydrogens (tertiary/aromatic N) is 3. The first-order valence-corrected chi connectivity index (χ1v) is 11.9. The molecule has 1 saturated heterocycles. The van der Waals surface area contributed by atoms with Crippen LogP contribution in [0, 0.1) is 0 Å². The molecule has 3 amide bonds. The number of hydrogen-bond acceptors (Lipinski definition) is 5. The van der Waals surface area contributed by atoms with Crippen molar-refractivity contribution in [1.82, 2.24) is 9.80 Å². The molecule has 1 N–H and O–H groups in total. The van der Waals surface area contributed by atoms with Crippen molar-refractivity contribution in [3.8, 4) is 0 Å². The smallest absolute Gasteiger partial charge is 0.283 e. The third kappa shape index (κ3) is 4.66. The van der Waals surface area contributed by atoms with E-state index in [9.17, 15) is 14.4 Å². The van der Waals surface area contributed by atoms with Gasteiger partial charge in [0.15, 0.2) is 0 Å². The summed E-state index contributed by atoms with van der Waals surface area (Å²) in [6.45, 7) is 1.93. The molecule has 0 bridgehead atoms. The topological polar surface area (TPSA) is 73.0 Å². The van der Waals surface area contributed by atoms with Crippen LogP contribution in [0.4, 0.5) is 11.4 Å². The van der Waals surface area contributed by atoms with E-state index in [-0.39, 0.29) is 38.4 Å². The van der Waals surface area contributed by atoms with Crippen LogP contribution in [0.25, 0.3) is 0 Å². The molecule has 0 spiro atoms. The summed E-state index contributed by atoms with van der Waals surface area (Å²) in [5.74, 6) is -1.42. The lowest BCUT2D eigenvalue weighted by Crippen LogP contribution is -2.44. The van der Waals surface area contributed by atoms with E-state index in [0.29, 0.717) is 11.3 Å². The molecular weight excluding hydrogens is 499 g/mol. The number of rotatable bonds is 5. The van der Waals surface area contributed by atoms with Gasteiger partial charge < -0.3 is 15.1 Å². The van der Waals surface area contributed by atoms with Crippen LogP contribution in [-0.2, 0) is 9.59 Å². The third-order valence-corrected chi connectivity index (χ3v) is 7.32. The fourth-order valence-corrected chi connectivity index (χ4v) is 4.68. The number of imide groups is 1. The number of halogens is 3. The van der Waals surface area contributed by atoms with Gasteiger partial charge in [0.1, 0.15) is 10.7 Å². The number of anilines is 2. The molecule has 1 fully saturated rings. The van der Waals surface area contributed by atoms with Gasteiger partial charge in [0, 0.05) is 24.3 Å². The highest BCUT2D eigenvalue weighted by atomic mass is 35.5. The number of nitrogens with one attached hydrogen (secondary N) is 1. The molecule has 0 radical (unpaired) electrons. The van der Waals surface area contributed by atoms with Gasteiger partial charge in [0.05, 0.1) is 15.7 Å². The summed E-state index contributed by atoms with van der Waals surface area (Å²) in [5, 5.41) is 2.92. The summed E-state index contributed by atoms with van der Waals surface area (Å²) >= 11 is 18.4. The first-order valence-electron chi connectivity index (χ1n) is 10.7. The van der Waals surface area contributed by atoms with E-state index in [1.54, 1.807) is 41.3 Å². The molecule has 7 nitrogen and oxygen atoms in total. The summed E-state index contributed by atoms with van der Waals surface area (Å²) in [6.07, 6.45) is 1.88. The fourth-order valence-electron chi connectivity index (χ4n) is 4.09. The second-order valence-corrected chi connectivity index (χ2v) is 9.52. The van der Waals surface area contributed by atoms with Crippen LogP contribution in [0.15, 0.2) is 53.2 Å². The molecule has 0 aliphatic carbocycles. The lowest BCUT2D eigenvalue weighted by molar-refractivity contribution is -0.120. The highest BCUT2D eigenvalue weighted by Crippen LogP contribution is 2.37. The average Bonchev–Trinajstić information content (AvgIpc) is 3.04. The Bertz CT molecular complexity index is 1170. The Morgan fingerprint density at radius 3 is 2.29 bits per heavy atom. The standard InChI is InChI=1S/C24H23Cl3N4O3/c1-29-12-10-16(11-13-29)30(2)22(32)14-6-8-15(9-7-14)28-21-20(27)23(33)31(24(21)34)18-5-3-4-17(25)19(18)26/h3-9,16,28H,10-13H2,1-2H3. The van der Waals surface area contributed by atoms with E-state index >= 15 is 0 Å². The van der Waals surface area contributed by atoms with Gasteiger partial charge in [-0.05, 0) is 69.4 Å². The number of amides is 3. The first kappa shape index (κ1) is 24.5. The normalized spacial score (nSPS) is 17.5. The molecule has 0 aromatic heterocycles. The highest BCUT2D eigenvalue weighted by Gasteiger charge is 2.40. The quantitative estimate of drug-likeness (QED) is 0.583. The van der Waals surface area contributed by atoms with Crippen molar-refractivity contribution in [3.63, 3.8) is 0 Å². The van der Waals surface area contributed by atoms with Crippen molar-refractivity contribution in [2.24, 2.45) is 0 Å². The molecule has 2 aliphatic rings. The van der Waals surface area contributed by atoms with Gasteiger partial charge in [-0.3, -0.25) is 14.4 Å². The molecule has 2 heterocycles. The molecule has 34 heavy (non-hydrogen) atoms. The van der Waals surface area contributed by atoms with E-state index in [0.717, 1.165) is 30.8 Å². The summed E-state index contributed by atoms with van der Waals surface area (Å²) in [6, 6.07) is 11.5. The van der Waals surface area contributed by atoms with Crippen molar-refractivity contribution in [3.05, 3.63) is 68.8 Å². The largest absolute Gasteiger partial charge is 0.350 e. The minimum Gasteiger partial charge on any atom is -0.350 e. The zero-order valence-electron chi connectivity index (χ0n) is 18.6. The molecule has 2 aliphatic heterocycles. The molecule has 4 rings (SSSR count). The lowest BCUT2D eigenvalue weighted by Gasteiger charge is -2.35. The number of carbonyl (C=O) groups is 3. The summed E-state index contributed by atoms with van der Waals surface area (Å²) in [5.41, 5.74) is 1.11. The highest BCUT2D eigenvalue weighted by molar-refractivity contribution is 6.54. The van der Waals surface area contributed by atoms with E-state index in [4.69, 9.17) is 34.8 Å². The van der Waals surface area contributed by atoms with Crippen LogP contribution in [0.1, 0.15) is 23.2 Å². The van der Waals surface area contributed by atoms with E-state index < -0.39 is 11.8 Å². The molecule has 0 saturated carbocycles. The minimum atomic E-state index is -0.704. The molecule has 2 aromatic rings. The Labute approximate surface area is 212 Å². The molecule has 0 unspecified atom stereocenters. The SMILES string of the molecule is CN1CCC(N(C)C(=O)c2ccc(NC3=C(Cl)C(=O)N(c4cccc(Cl)c4Cl)C3=O)cc2)CC1. The average molecular weight is 522 g/mol. The summed E-state index contributed by atoms with van der Waals surface area (Å²) < 4.78 is 0. The minimum absolute atomic E-state index is 0.0627. The van der Waals surface area contributed by atoms with Crippen molar-refractivity contribution >= 4 is 63.9 Å². The number of likely N-dealkylation sites (tertiary alicyclic amines) is 1. The number of carbonyl (C=O) groups excluding carboxylic acids is 3. The predicted octanol–water partition coefficient (Wildman–Crippen LogP) is 4.60. The second-order valence-electron chi connectivity index (χ2n) is 8.36. The maximum Gasteiger partial charge on any atom is 0.283 e. The fraction of sp³-hybridized carbons (Fsp3) is 0.292. The van der Waals surface area contributed by atoms with Crippen LogP contribution in [0.2, 0.25) is 10.0 Å². The van der Waals surface area contributed by atoms with Gasteiger partial charge in [-0.25, -0.2) is 4.90 Å². The lowest BCUT2D eigenvalue weighted by atomic mass is 10.0. The Balaban J connectivity index is 1.48. The number of hydrogen-bond donors (Lipinski definition) is 1. The Hall–Kier alpha value is -2.58. The predicted molar refractivity (Wildman–Crippen MR) is 135 cm³/mol. The van der Waals surface area contributed by atoms with Crippen molar-refractivity contribution in [2.75, 3.05) is 37.4 Å². The van der Waals surface area contributed by atoms with Crippen molar-refractivity contribution in [1.29, 1.82) is 0 Å². The van der Waals surface area contributed by atoms with Crippen LogP contribution >= 0.6 is 34.8 Å². The molecule has 0 atom stereocenters. The van der Waals surface area contributed by atoms with Crippen LogP contribution in [-0.4, -0.2) is 60.7 Å². The van der Waals surface area contributed by atoms with Gasteiger partial charge in [-0.2, -0.15) is 0 Å². The van der Waals surface area contributed by atoms with Gasteiger partial charge in [0.2, 0.25) is 0 Å². The van der Waals surface area contributed by atoms with E-state index in [1.807, 2.05) is 7.05 Å². The summed E-state index contributed by atoms with van der Waals surface area (Å²) in [4.78, 5) is 43.5. The zero-order valence-corrected chi connectivity index (χ0v) is 20.9. The van der Waals surface area contributed by atoms with Crippen LogP contribution < -0.4 is 10.2 Å². The van der Waals surface area contributed by atoms with Gasteiger partial charge in [0.25, 0.3) is 17.7 Å². The van der Waals surface area contributed by atoms with Crippen molar-refractivity contribution < 1.29 is 14.4 Å². The molecule has 2 aromatic carbocycles. The van der Waals surface area contributed by atoms with Gasteiger partial charge in [-0.1, -0.05) is 40.9 Å². The Morgan fingerprint density at radius 1 is 1.00 bits per heavy atom. The Kier molecular flexibility index (Phi) is 7.19. The van der Waals surface area contributed by atoms with Gasteiger partial charge >= 0.3 is 0 Å². The van der Waals surface area contributed by atoms with E-state index in [1.165, 1.54) is 6.07 Å². The van der Waals surface area contributed by atoms with Crippen LogP contribution in [0.3, 0.4) is 0 Å². The molecular formula is C24H23Cl3N4O3.